The van der Waals surface area contributed by atoms with Gasteiger partial charge in [-0.2, -0.15) is 5.10 Å². The molecule has 0 saturated heterocycles. The van der Waals surface area contributed by atoms with Gasteiger partial charge in [-0.25, -0.2) is 4.39 Å². The minimum absolute atomic E-state index is 0.164. The van der Waals surface area contributed by atoms with Crippen LogP contribution in [0.4, 0.5) is 10.2 Å². The van der Waals surface area contributed by atoms with Crippen molar-refractivity contribution in [2.75, 3.05) is 12.8 Å². The van der Waals surface area contributed by atoms with E-state index in [1.54, 1.807) is 18.2 Å². The number of benzene rings is 1. The Morgan fingerprint density at radius 3 is 2.75 bits per heavy atom. The molecule has 1 aromatic heterocycles. The number of hydrogen-bond donors (Lipinski definition) is 2. The molecule has 0 bridgehead atoms. The molecule has 6 heteroatoms. The number of nitrogens with zero attached hydrogens (tertiary/aromatic N) is 1. The molecule has 16 heavy (non-hydrogen) atoms. The molecule has 0 atom stereocenters. The maximum absolute atomic E-state index is 13.5. The molecule has 0 unspecified atom stereocenters. The molecule has 3 N–H and O–H groups in total. The van der Waals surface area contributed by atoms with Gasteiger partial charge in [0.25, 0.3) is 0 Å². The second kappa shape index (κ2) is 4.13. The molecule has 1 heterocycles. The summed E-state index contributed by atoms with van der Waals surface area (Å²) in [5.74, 6) is 0.116. The molecule has 1 aromatic carbocycles. The Bertz CT molecular complexity index is 527. The predicted octanol–water partition coefficient (Wildman–Crippen LogP) is 2.57. The van der Waals surface area contributed by atoms with E-state index in [0.717, 1.165) is 5.56 Å². The number of nitrogens with one attached hydrogen (secondary N) is 1. The van der Waals surface area contributed by atoms with Crippen molar-refractivity contribution in [3.8, 4) is 17.0 Å². The molecule has 0 aliphatic carbocycles. The number of aromatic nitrogens is 2. The van der Waals surface area contributed by atoms with Crippen molar-refractivity contribution in [1.82, 2.24) is 10.2 Å². The Balaban J connectivity index is 2.54. The SMILES string of the molecule is COc1cc(-c2cc(N)n[nH]2)cc(Br)c1F. The Kier molecular flexibility index (Phi) is 2.82. The summed E-state index contributed by atoms with van der Waals surface area (Å²) >= 11 is 3.12. The lowest BCUT2D eigenvalue weighted by molar-refractivity contribution is 0.385. The van der Waals surface area contributed by atoms with E-state index in [9.17, 15) is 4.39 Å². The summed E-state index contributed by atoms with van der Waals surface area (Å²) in [6.07, 6.45) is 0. The molecule has 0 aliphatic heterocycles. The minimum atomic E-state index is -0.432. The van der Waals surface area contributed by atoms with Crippen LogP contribution in [0.5, 0.6) is 5.75 Å². The van der Waals surface area contributed by atoms with Gasteiger partial charge in [-0.1, -0.05) is 0 Å². The van der Waals surface area contributed by atoms with Crippen molar-refractivity contribution < 1.29 is 9.13 Å². The largest absolute Gasteiger partial charge is 0.494 e. The first-order valence-electron chi connectivity index (χ1n) is 4.46. The second-order valence-electron chi connectivity index (χ2n) is 3.18. The van der Waals surface area contributed by atoms with Gasteiger partial charge in [-0.3, -0.25) is 5.10 Å². The third-order valence-electron chi connectivity index (χ3n) is 2.12. The van der Waals surface area contributed by atoms with Crippen molar-refractivity contribution in [3.05, 3.63) is 28.5 Å². The standard InChI is InChI=1S/C10H9BrFN3O/c1-16-8-3-5(2-6(11)10(8)12)7-4-9(13)15-14-7/h2-4H,1H3,(H3,13,14,15). The second-order valence-corrected chi connectivity index (χ2v) is 4.04. The maximum Gasteiger partial charge on any atom is 0.179 e. The summed E-state index contributed by atoms with van der Waals surface area (Å²) in [5.41, 5.74) is 6.94. The molecular weight excluding hydrogens is 277 g/mol. The molecule has 0 saturated carbocycles. The van der Waals surface area contributed by atoms with E-state index in [2.05, 4.69) is 26.1 Å². The van der Waals surface area contributed by atoms with Crippen molar-refractivity contribution in [3.63, 3.8) is 0 Å². The number of nitrogen functional groups attached to an aromatic ring is 1. The van der Waals surface area contributed by atoms with E-state index in [1.165, 1.54) is 7.11 Å². The van der Waals surface area contributed by atoms with E-state index in [1.807, 2.05) is 0 Å². The monoisotopic (exact) mass is 285 g/mol. The normalized spacial score (nSPS) is 10.4. The minimum Gasteiger partial charge on any atom is -0.494 e. The van der Waals surface area contributed by atoms with Crippen molar-refractivity contribution in [2.45, 2.75) is 0 Å². The van der Waals surface area contributed by atoms with E-state index in [-0.39, 0.29) is 5.75 Å². The van der Waals surface area contributed by atoms with Crippen LogP contribution in [-0.4, -0.2) is 17.3 Å². The first-order chi connectivity index (χ1) is 7.61. The Morgan fingerprint density at radius 2 is 2.19 bits per heavy atom. The number of halogens is 2. The van der Waals surface area contributed by atoms with Gasteiger partial charge in [0, 0.05) is 11.6 Å². The van der Waals surface area contributed by atoms with Gasteiger partial charge in [0.15, 0.2) is 11.6 Å². The number of anilines is 1. The van der Waals surface area contributed by atoms with Crippen LogP contribution in [0.15, 0.2) is 22.7 Å². The summed E-state index contributed by atoms with van der Waals surface area (Å²) < 4.78 is 18.7. The zero-order chi connectivity index (χ0) is 11.7. The maximum atomic E-state index is 13.5. The fourth-order valence-corrected chi connectivity index (χ4v) is 1.79. The number of nitrogens with two attached hydrogens (primary N) is 1. The number of hydrogen-bond acceptors (Lipinski definition) is 3. The Hall–Kier alpha value is -1.56. The average Bonchev–Trinajstić information content (AvgIpc) is 2.69. The molecule has 84 valence electrons. The highest BCUT2D eigenvalue weighted by molar-refractivity contribution is 9.10. The molecule has 0 aliphatic rings. The highest BCUT2D eigenvalue weighted by Crippen LogP contribution is 2.31. The van der Waals surface area contributed by atoms with Crippen LogP contribution in [0.25, 0.3) is 11.3 Å². The van der Waals surface area contributed by atoms with Gasteiger partial charge in [-0.05, 0) is 28.1 Å². The van der Waals surface area contributed by atoms with Gasteiger partial charge in [0.1, 0.15) is 5.82 Å². The highest BCUT2D eigenvalue weighted by Gasteiger charge is 2.11. The van der Waals surface area contributed by atoms with Gasteiger partial charge in [0.05, 0.1) is 17.3 Å². The lowest BCUT2D eigenvalue weighted by Gasteiger charge is -2.06. The lowest BCUT2D eigenvalue weighted by Crippen LogP contribution is -1.90. The number of methoxy groups -OCH3 is 1. The molecule has 0 spiro atoms. The summed E-state index contributed by atoms with van der Waals surface area (Å²) in [7, 11) is 1.41. The third kappa shape index (κ3) is 1.88. The fraction of sp³-hybridized carbons (Fsp3) is 0.100. The molecule has 0 radical (unpaired) electrons. The molecular formula is C10H9BrFN3O. The van der Waals surface area contributed by atoms with Gasteiger partial charge >= 0.3 is 0 Å². The van der Waals surface area contributed by atoms with Crippen LogP contribution in [0.3, 0.4) is 0 Å². The number of aromatic amines is 1. The topological polar surface area (TPSA) is 63.9 Å². The van der Waals surface area contributed by atoms with E-state index in [0.29, 0.717) is 16.0 Å². The highest BCUT2D eigenvalue weighted by atomic mass is 79.9. The number of rotatable bonds is 2. The van der Waals surface area contributed by atoms with Crippen LogP contribution in [-0.2, 0) is 0 Å². The van der Waals surface area contributed by atoms with Crippen LogP contribution in [0.2, 0.25) is 0 Å². The van der Waals surface area contributed by atoms with Crippen molar-refractivity contribution >= 4 is 21.7 Å². The lowest BCUT2D eigenvalue weighted by atomic mass is 10.1. The summed E-state index contributed by atoms with van der Waals surface area (Å²) in [5, 5.41) is 6.55. The smallest absolute Gasteiger partial charge is 0.179 e. The van der Waals surface area contributed by atoms with Crippen LogP contribution in [0, 0.1) is 5.82 Å². The predicted molar refractivity (Wildman–Crippen MR) is 62.6 cm³/mol. The first-order valence-corrected chi connectivity index (χ1v) is 5.25. The fourth-order valence-electron chi connectivity index (χ4n) is 1.35. The van der Waals surface area contributed by atoms with Crippen molar-refractivity contribution in [2.24, 2.45) is 0 Å². The van der Waals surface area contributed by atoms with E-state index >= 15 is 0 Å². The molecule has 2 aromatic rings. The summed E-state index contributed by atoms with van der Waals surface area (Å²) in [6.45, 7) is 0. The van der Waals surface area contributed by atoms with Crippen molar-refractivity contribution in [1.29, 1.82) is 0 Å². The van der Waals surface area contributed by atoms with E-state index in [4.69, 9.17) is 10.5 Å². The molecule has 0 amide bonds. The summed E-state index contributed by atoms with van der Waals surface area (Å²) in [6, 6.07) is 4.87. The van der Waals surface area contributed by atoms with Crippen LogP contribution < -0.4 is 10.5 Å². The van der Waals surface area contributed by atoms with Gasteiger partial charge < -0.3 is 10.5 Å². The number of ether oxygens (including phenoxy) is 1. The van der Waals surface area contributed by atoms with Crippen LogP contribution in [0.1, 0.15) is 0 Å². The van der Waals surface area contributed by atoms with Gasteiger partial charge in [-0.15, -0.1) is 0 Å². The van der Waals surface area contributed by atoms with Gasteiger partial charge in [0.2, 0.25) is 0 Å². The first kappa shape index (κ1) is 10.9. The van der Waals surface area contributed by atoms with Crippen LogP contribution >= 0.6 is 15.9 Å². The average molecular weight is 286 g/mol. The molecule has 4 nitrogen and oxygen atoms in total. The Morgan fingerprint density at radius 1 is 1.44 bits per heavy atom. The third-order valence-corrected chi connectivity index (χ3v) is 2.70. The zero-order valence-corrected chi connectivity index (χ0v) is 10.0. The quantitative estimate of drug-likeness (QED) is 0.891. The van der Waals surface area contributed by atoms with E-state index < -0.39 is 5.82 Å². The molecule has 2 rings (SSSR count). The Labute approximate surface area is 99.7 Å². The molecule has 0 fully saturated rings. The summed E-state index contributed by atoms with van der Waals surface area (Å²) in [4.78, 5) is 0. The zero-order valence-electron chi connectivity index (χ0n) is 8.42. The number of H-pyrrole nitrogens is 1.